The second kappa shape index (κ2) is 11.2. The molecule has 1 aliphatic rings. The number of alkyl halides is 3. The summed E-state index contributed by atoms with van der Waals surface area (Å²) in [5, 5.41) is 24.3. The number of hydrogen-bond donors (Lipinski definition) is 3. The second-order valence-corrected chi connectivity index (χ2v) is 9.06. The Morgan fingerprint density at radius 2 is 1.92 bits per heavy atom. The van der Waals surface area contributed by atoms with Crippen molar-refractivity contribution < 1.29 is 27.8 Å². The summed E-state index contributed by atoms with van der Waals surface area (Å²) >= 11 is 0. The van der Waals surface area contributed by atoms with Gasteiger partial charge in [0, 0.05) is 48.3 Å². The number of aromatic nitrogens is 3. The van der Waals surface area contributed by atoms with E-state index >= 15 is 0 Å². The van der Waals surface area contributed by atoms with Gasteiger partial charge in [-0.1, -0.05) is 6.07 Å². The maximum absolute atomic E-state index is 13.0. The van der Waals surface area contributed by atoms with E-state index in [-0.39, 0.29) is 11.5 Å². The lowest BCUT2D eigenvalue weighted by molar-refractivity contribution is -0.141. The molecule has 0 aliphatic carbocycles. The minimum atomic E-state index is -4.65. The van der Waals surface area contributed by atoms with Crippen LogP contribution in [0.15, 0.2) is 42.6 Å². The average molecular weight is 516 g/mol. The highest BCUT2D eigenvalue weighted by molar-refractivity contribution is 6.04. The number of benzene rings is 1. The van der Waals surface area contributed by atoms with Crippen LogP contribution in [-0.2, 0) is 10.9 Å². The summed E-state index contributed by atoms with van der Waals surface area (Å²) in [6, 6.07) is 9.10. The largest absolute Gasteiger partial charge is 0.433 e. The van der Waals surface area contributed by atoms with Gasteiger partial charge in [0.15, 0.2) is 5.82 Å². The first-order valence-electron chi connectivity index (χ1n) is 11.9. The Morgan fingerprint density at radius 1 is 1.16 bits per heavy atom. The molecular formula is C26H28F3N5O3. The average Bonchev–Trinajstić information content (AvgIpc) is 2.88. The van der Waals surface area contributed by atoms with E-state index in [1.807, 2.05) is 13.0 Å². The molecule has 1 atom stereocenters. The number of aryl methyl sites for hydroxylation is 1. The summed E-state index contributed by atoms with van der Waals surface area (Å²) in [5.41, 5.74) is 2.30. The molecule has 1 aliphatic heterocycles. The van der Waals surface area contributed by atoms with Crippen molar-refractivity contribution >= 4 is 17.4 Å². The molecule has 11 heteroatoms. The van der Waals surface area contributed by atoms with Gasteiger partial charge in [-0.05, 0) is 68.5 Å². The zero-order valence-electron chi connectivity index (χ0n) is 20.5. The molecule has 3 heterocycles. The van der Waals surface area contributed by atoms with Crippen molar-refractivity contribution in [1.82, 2.24) is 15.2 Å². The zero-order chi connectivity index (χ0) is 26.6. The number of carbonyl (C=O) groups is 1. The van der Waals surface area contributed by atoms with Gasteiger partial charge in [0.2, 0.25) is 0 Å². The van der Waals surface area contributed by atoms with E-state index in [9.17, 15) is 23.1 Å². The number of rotatable bonds is 7. The number of pyridine rings is 1. The summed E-state index contributed by atoms with van der Waals surface area (Å²) in [7, 11) is 0. The Kier molecular flexibility index (Phi) is 8.03. The van der Waals surface area contributed by atoms with E-state index in [1.54, 1.807) is 25.1 Å². The molecule has 3 aromatic rings. The van der Waals surface area contributed by atoms with Crippen LogP contribution >= 0.6 is 0 Å². The van der Waals surface area contributed by atoms with E-state index in [0.717, 1.165) is 41.8 Å². The van der Waals surface area contributed by atoms with Crippen LogP contribution in [0.3, 0.4) is 0 Å². The predicted molar refractivity (Wildman–Crippen MR) is 132 cm³/mol. The first kappa shape index (κ1) is 26.5. The van der Waals surface area contributed by atoms with Crippen LogP contribution in [-0.4, -0.2) is 52.1 Å². The van der Waals surface area contributed by atoms with Gasteiger partial charge < -0.3 is 20.5 Å². The standard InChI is InChI=1S/C26H28F3N5O3/c1-15-3-4-19(32-25(36)18-5-8-30-23(11-18)26(27,28)29)12-20(15)22-13-21(17-6-9-37-10-7-17)24(34-33-22)31-14-16(2)35/h3-5,8,11-13,16-17,35H,6-7,9-10,14H2,1-2H3,(H,31,34)(H,32,36)/t16-/m1/s1. The third-order valence-electron chi connectivity index (χ3n) is 6.13. The van der Waals surface area contributed by atoms with Crippen LogP contribution in [0.1, 0.15) is 52.9 Å². The summed E-state index contributed by atoms with van der Waals surface area (Å²) in [5.74, 6) is 0.128. The Bertz CT molecular complexity index is 1260. The summed E-state index contributed by atoms with van der Waals surface area (Å²) in [6.07, 6.45) is -2.59. The minimum absolute atomic E-state index is 0.153. The number of aliphatic hydroxyl groups excluding tert-OH is 1. The number of nitrogens with zero attached hydrogens (tertiary/aromatic N) is 3. The van der Waals surface area contributed by atoms with Crippen LogP contribution in [0.2, 0.25) is 0 Å². The molecule has 3 N–H and O–H groups in total. The molecule has 4 rings (SSSR count). The highest BCUT2D eigenvalue weighted by atomic mass is 19.4. The number of halogens is 3. The molecule has 8 nitrogen and oxygen atoms in total. The van der Waals surface area contributed by atoms with Crippen LogP contribution < -0.4 is 10.6 Å². The molecule has 0 spiro atoms. The van der Waals surface area contributed by atoms with Crippen LogP contribution in [0, 0.1) is 6.92 Å². The molecule has 0 unspecified atom stereocenters. The lowest BCUT2D eigenvalue weighted by Crippen LogP contribution is -2.20. The number of carbonyl (C=O) groups excluding carboxylic acids is 1. The van der Waals surface area contributed by atoms with Gasteiger partial charge in [0.1, 0.15) is 5.69 Å². The van der Waals surface area contributed by atoms with E-state index < -0.39 is 23.9 Å². The van der Waals surface area contributed by atoms with Crippen LogP contribution in [0.5, 0.6) is 0 Å². The predicted octanol–water partition coefficient (Wildman–Crippen LogP) is 4.80. The van der Waals surface area contributed by atoms with Gasteiger partial charge in [0.05, 0.1) is 11.8 Å². The van der Waals surface area contributed by atoms with Gasteiger partial charge in [-0.2, -0.15) is 13.2 Å². The van der Waals surface area contributed by atoms with Gasteiger partial charge >= 0.3 is 6.18 Å². The van der Waals surface area contributed by atoms with E-state index in [4.69, 9.17) is 4.74 Å². The monoisotopic (exact) mass is 515 g/mol. The molecule has 1 amide bonds. The van der Waals surface area contributed by atoms with Gasteiger partial charge in [-0.25, -0.2) is 0 Å². The highest BCUT2D eigenvalue weighted by Crippen LogP contribution is 2.35. The van der Waals surface area contributed by atoms with Crippen molar-refractivity contribution in [1.29, 1.82) is 0 Å². The number of amides is 1. The Hall–Kier alpha value is -3.57. The molecule has 0 radical (unpaired) electrons. The zero-order valence-corrected chi connectivity index (χ0v) is 20.5. The molecule has 1 saturated heterocycles. The fraction of sp³-hybridized carbons (Fsp3) is 0.385. The highest BCUT2D eigenvalue weighted by Gasteiger charge is 2.33. The van der Waals surface area contributed by atoms with Crippen molar-refractivity contribution in [2.24, 2.45) is 0 Å². The molecule has 1 aromatic carbocycles. The summed E-state index contributed by atoms with van der Waals surface area (Å²) < 4.78 is 44.5. The molecule has 0 saturated carbocycles. The summed E-state index contributed by atoms with van der Waals surface area (Å²) in [6.45, 7) is 5.19. The quantitative estimate of drug-likeness (QED) is 0.415. The fourth-order valence-electron chi connectivity index (χ4n) is 4.15. The van der Waals surface area contributed by atoms with Crippen LogP contribution in [0.4, 0.5) is 24.7 Å². The molecule has 196 valence electrons. The number of anilines is 2. The molecule has 1 fully saturated rings. The maximum atomic E-state index is 13.0. The van der Waals surface area contributed by atoms with Crippen molar-refractivity contribution in [2.45, 2.75) is 44.9 Å². The van der Waals surface area contributed by atoms with Crippen molar-refractivity contribution in [3.05, 3.63) is 65.0 Å². The maximum Gasteiger partial charge on any atom is 0.433 e. The molecule has 0 bridgehead atoms. The molecule has 37 heavy (non-hydrogen) atoms. The van der Waals surface area contributed by atoms with Gasteiger partial charge in [-0.3, -0.25) is 9.78 Å². The fourth-order valence-corrected chi connectivity index (χ4v) is 4.15. The molecular weight excluding hydrogens is 487 g/mol. The number of ether oxygens (including phenoxy) is 1. The lowest BCUT2D eigenvalue weighted by Gasteiger charge is -2.25. The van der Waals surface area contributed by atoms with E-state index in [1.165, 1.54) is 6.07 Å². The molecule has 2 aromatic heterocycles. The number of nitrogens with one attached hydrogen (secondary N) is 2. The van der Waals surface area contributed by atoms with Gasteiger partial charge in [0.25, 0.3) is 5.91 Å². The lowest BCUT2D eigenvalue weighted by atomic mass is 9.91. The topological polar surface area (TPSA) is 109 Å². The van der Waals surface area contributed by atoms with Gasteiger partial charge in [-0.15, -0.1) is 10.2 Å². The normalized spacial score (nSPS) is 15.3. The van der Waals surface area contributed by atoms with Crippen molar-refractivity contribution in [2.75, 3.05) is 30.4 Å². The van der Waals surface area contributed by atoms with E-state index in [2.05, 4.69) is 25.8 Å². The van der Waals surface area contributed by atoms with Crippen molar-refractivity contribution in [3.63, 3.8) is 0 Å². The SMILES string of the molecule is Cc1ccc(NC(=O)c2ccnc(C(F)(F)F)c2)cc1-c1cc(C2CCOCC2)c(NC[C@@H](C)O)nn1. The Labute approximate surface area is 212 Å². The second-order valence-electron chi connectivity index (χ2n) is 9.06. The van der Waals surface area contributed by atoms with E-state index in [0.29, 0.717) is 37.0 Å². The van der Waals surface area contributed by atoms with Crippen LogP contribution in [0.25, 0.3) is 11.3 Å². The number of hydrogen-bond acceptors (Lipinski definition) is 7. The first-order valence-corrected chi connectivity index (χ1v) is 11.9. The van der Waals surface area contributed by atoms with Crippen molar-refractivity contribution in [3.8, 4) is 11.3 Å². The third kappa shape index (κ3) is 6.60. The Balaban J connectivity index is 1.62. The summed E-state index contributed by atoms with van der Waals surface area (Å²) in [4.78, 5) is 16.0. The first-order chi connectivity index (χ1) is 17.6. The third-order valence-corrected chi connectivity index (χ3v) is 6.13. The Morgan fingerprint density at radius 3 is 2.62 bits per heavy atom. The minimum Gasteiger partial charge on any atom is -0.392 e. The number of aliphatic hydroxyl groups is 1. The smallest absolute Gasteiger partial charge is 0.392 e.